The number of aromatic nitrogens is 1. The van der Waals surface area contributed by atoms with Crippen molar-refractivity contribution in [1.82, 2.24) is 10.3 Å². The van der Waals surface area contributed by atoms with Crippen molar-refractivity contribution >= 4 is 11.7 Å². The SMILES string of the molecule is CN(C)c1ncccc1C(=O)NC1CCCCC1. The maximum absolute atomic E-state index is 12.3. The number of amides is 1. The number of rotatable bonds is 3. The van der Waals surface area contributed by atoms with Crippen LogP contribution in [0, 0.1) is 0 Å². The Hall–Kier alpha value is -1.58. The van der Waals surface area contributed by atoms with Gasteiger partial charge in [-0.2, -0.15) is 0 Å². The highest BCUT2D eigenvalue weighted by Gasteiger charge is 2.19. The molecule has 4 nitrogen and oxygen atoms in total. The van der Waals surface area contributed by atoms with Crippen molar-refractivity contribution in [1.29, 1.82) is 0 Å². The van der Waals surface area contributed by atoms with E-state index in [4.69, 9.17) is 0 Å². The summed E-state index contributed by atoms with van der Waals surface area (Å²) in [5.41, 5.74) is 0.660. The van der Waals surface area contributed by atoms with Crippen LogP contribution in [0.4, 0.5) is 5.82 Å². The number of carbonyl (C=O) groups is 1. The van der Waals surface area contributed by atoms with E-state index in [1.165, 1.54) is 19.3 Å². The molecule has 0 unspecified atom stereocenters. The number of nitrogens with zero attached hydrogens (tertiary/aromatic N) is 2. The standard InChI is InChI=1S/C14H21N3O/c1-17(2)13-12(9-6-10-15-13)14(18)16-11-7-4-3-5-8-11/h6,9-11H,3-5,7-8H2,1-2H3,(H,16,18). The van der Waals surface area contributed by atoms with Gasteiger partial charge in [0.2, 0.25) is 0 Å². The van der Waals surface area contributed by atoms with Crippen LogP contribution in [0.2, 0.25) is 0 Å². The summed E-state index contributed by atoms with van der Waals surface area (Å²) in [6.07, 6.45) is 7.65. The molecule has 1 aromatic rings. The van der Waals surface area contributed by atoms with E-state index < -0.39 is 0 Å². The molecule has 2 rings (SSSR count). The van der Waals surface area contributed by atoms with E-state index in [1.54, 1.807) is 6.20 Å². The first-order valence-electron chi connectivity index (χ1n) is 6.61. The monoisotopic (exact) mass is 247 g/mol. The Morgan fingerprint density at radius 3 is 2.72 bits per heavy atom. The minimum atomic E-state index is -0.00120. The molecule has 1 heterocycles. The zero-order valence-corrected chi connectivity index (χ0v) is 11.1. The number of pyridine rings is 1. The maximum Gasteiger partial charge on any atom is 0.255 e. The topological polar surface area (TPSA) is 45.2 Å². The average molecular weight is 247 g/mol. The van der Waals surface area contributed by atoms with Crippen LogP contribution in [-0.2, 0) is 0 Å². The van der Waals surface area contributed by atoms with E-state index in [0.717, 1.165) is 18.7 Å². The van der Waals surface area contributed by atoms with Gasteiger partial charge in [0.05, 0.1) is 5.56 Å². The molecular weight excluding hydrogens is 226 g/mol. The number of carbonyl (C=O) groups excluding carboxylic acids is 1. The second-order valence-electron chi connectivity index (χ2n) is 5.08. The van der Waals surface area contributed by atoms with E-state index >= 15 is 0 Å². The summed E-state index contributed by atoms with van der Waals surface area (Å²) in [7, 11) is 3.81. The number of anilines is 1. The van der Waals surface area contributed by atoms with Crippen molar-refractivity contribution in [2.24, 2.45) is 0 Å². The highest BCUT2D eigenvalue weighted by molar-refractivity contribution is 5.98. The Bertz CT molecular complexity index is 411. The summed E-state index contributed by atoms with van der Waals surface area (Å²) in [4.78, 5) is 18.4. The third-order valence-electron chi connectivity index (χ3n) is 3.40. The van der Waals surface area contributed by atoms with Crippen LogP contribution in [0.3, 0.4) is 0 Å². The van der Waals surface area contributed by atoms with Crippen molar-refractivity contribution in [2.75, 3.05) is 19.0 Å². The smallest absolute Gasteiger partial charge is 0.255 e. The first-order chi connectivity index (χ1) is 8.68. The Kier molecular flexibility index (Phi) is 4.18. The molecule has 0 spiro atoms. The number of hydrogen-bond acceptors (Lipinski definition) is 3. The fourth-order valence-corrected chi connectivity index (χ4v) is 2.44. The highest BCUT2D eigenvalue weighted by atomic mass is 16.1. The van der Waals surface area contributed by atoms with Gasteiger partial charge in [-0.1, -0.05) is 19.3 Å². The molecule has 4 heteroatoms. The Balaban J connectivity index is 2.08. The van der Waals surface area contributed by atoms with E-state index in [2.05, 4.69) is 10.3 Å². The molecule has 0 aromatic carbocycles. The minimum Gasteiger partial charge on any atom is -0.362 e. The van der Waals surface area contributed by atoms with E-state index in [0.29, 0.717) is 11.6 Å². The molecule has 98 valence electrons. The van der Waals surface area contributed by atoms with Gasteiger partial charge in [0.15, 0.2) is 0 Å². The summed E-state index contributed by atoms with van der Waals surface area (Å²) in [6.45, 7) is 0. The molecule has 1 N–H and O–H groups in total. The summed E-state index contributed by atoms with van der Waals surface area (Å²) < 4.78 is 0. The van der Waals surface area contributed by atoms with Gasteiger partial charge in [-0.15, -0.1) is 0 Å². The van der Waals surface area contributed by atoms with E-state index in [9.17, 15) is 4.79 Å². The molecule has 1 aliphatic rings. The summed E-state index contributed by atoms with van der Waals surface area (Å²) >= 11 is 0. The zero-order chi connectivity index (χ0) is 13.0. The predicted octanol–water partition coefficient (Wildman–Crippen LogP) is 2.21. The van der Waals surface area contributed by atoms with Gasteiger partial charge in [-0.05, 0) is 25.0 Å². The second-order valence-corrected chi connectivity index (χ2v) is 5.08. The summed E-state index contributed by atoms with van der Waals surface area (Å²) in [6, 6.07) is 3.98. The fraction of sp³-hybridized carbons (Fsp3) is 0.571. The van der Waals surface area contributed by atoms with Crippen LogP contribution in [0.25, 0.3) is 0 Å². The van der Waals surface area contributed by atoms with Crippen molar-refractivity contribution in [3.63, 3.8) is 0 Å². The largest absolute Gasteiger partial charge is 0.362 e. The molecule has 0 saturated heterocycles. The Morgan fingerprint density at radius 2 is 2.06 bits per heavy atom. The van der Waals surface area contributed by atoms with Gasteiger partial charge in [0, 0.05) is 26.3 Å². The summed E-state index contributed by atoms with van der Waals surface area (Å²) in [5, 5.41) is 3.12. The van der Waals surface area contributed by atoms with Gasteiger partial charge < -0.3 is 10.2 Å². The second kappa shape index (κ2) is 5.85. The van der Waals surface area contributed by atoms with Crippen molar-refractivity contribution in [3.05, 3.63) is 23.9 Å². The van der Waals surface area contributed by atoms with Crippen LogP contribution in [0.5, 0.6) is 0 Å². The Labute approximate surface area is 108 Å². The first-order valence-corrected chi connectivity index (χ1v) is 6.61. The zero-order valence-electron chi connectivity index (χ0n) is 11.1. The molecule has 0 atom stereocenters. The lowest BCUT2D eigenvalue weighted by molar-refractivity contribution is 0.0928. The molecule has 1 amide bonds. The van der Waals surface area contributed by atoms with Gasteiger partial charge >= 0.3 is 0 Å². The normalized spacial score (nSPS) is 16.3. The lowest BCUT2D eigenvalue weighted by Gasteiger charge is -2.23. The highest BCUT2D eigenvalue weighted by Crippen LogP contribution is 2.19. The van der Waals surface area contributed by atoms with Gasteiger partial charge in [0.25, 0.3) is 5.91 Å². The number of nitrogens with one attached hydrogen (secondary N) is 1. The molecular formula is C14H21N3O. The maximum atomic E-state index is 12.3. The van der Waals surface area contributed by atoms with Crippen LogP contribution in [0.15, 0.2) is 18.3 Å². The minimum absolute atomic E-state index is 0.00120. The fourth-order valence-electron chi connectivity index (χ4n) is 2.44. The van der Waals surface area contributed by atoms with E-state index in [-0.39, 0.29) is 5.91 Å². The molecule has 1 aromatic heterocycles. The van der Waals surface area contributed by atoms with Gasteiger partial charge in [-0.25, -0.2) is 4.98 Å². The third-order valence-corrected chi connectivity index (χ3v) is 3.40. The molecule has 1 fully saturated rings. The van der Waals surface area contributed by atoms with Crippen LogP contribution < -0.4 is 10.2 Å². The molecule has 1 aliphatic carbocycles. The molecule has 0 aliphatic heterocycles. The number of hydrogen-bond donors (Lipinski definition) is 1. The molecule has 0 bridgehead atoms. The lowest BCUT2D eigenvalue weighted by atomic mass is 9.95. The summed E-state index contributed by atoms with van der Waals surface area (Å²) in [5.74, 6) is 0.726. The predicted molar refractivity (Wildman–Crippen MR) is 72.9 cm³/mol. The molecule has 1 saturated carbocycles. The Morgan fingerprint density at radius 1 is 1.33 bits per heavy atom. The van der Waals surface area contributed by atoms with Crippen LogP contribution in [0.1, 0.15) is 42.5 Å². The van der Waals surface area contributed by atoms with Crippen LogP contribution in [-0.4, -0.2) is 31.0 Å². The van der Waals surface area contributed by atoms with Gasteiger partial charge in [0.1, 0.15) is 5.82 Å². The molecule has 18 heavy (non-hydrogen) atoms. The van der Waals surface area contributed by atoms with Crippen LogP contribution >= 0.6 is 0 Å². The third kappa shape index (κ3) is 3.00. The van der Waals surface area contributed by atoms with Crippen molar-refractivity contribution in [3.8, 4) is 0 Å². The van der Waals surface area contributed by atoms with Gasteiger partial charge in [-0.3, -0.25) is 4.79 Å². The van der Waals surface area contributed by atoms with E-state index in [1.807, 2.05) is 31.1 Å². The lowest BCUT2D eigenvalue weighted by Crippen LogP contribution is -2.37. The quantitative estimate of drug-likeness (QED) is 0.890. The van der Waals surface area contributed by atoms with Crippen molar-refractivity contribution < 1.29 is 4.79 Å². The average Bonchev–Trinajstić information content (AvgIpc) is 2.40. The molecule has 0 radical (unpaired) electrons. The first kappa shape index (κ1) is 12.9. The van der Waals surface area contributed by atoms with Crippen molar-refractivity contribution in [2.45, 2.75) is 38.1 Å².